The van der Waals surface area contributed by atoms with E-state index in [1.54, 1.807) is 44.2 Å². The summed E-state index contributed by atoms with van der Waals surface area (Å²) in [5, 5.41) is 0. The van der Waals surface area contributed by atoms with Crippen molar-refractivity contribution >= 4 is 30.1 Å². The van der Waals surface area contributed by atoms with Crippen LogP contribution >= 0.6 is 18.4 Å². The molecule has 1 aromatic rings. The van der Waals surface area contributed by atoms with E-state index in [2.05, 4.69) is 0 Å². The number of hydrogen-bond donors (Lipinski definition) is 1. The number of rotatable bonds is 5. The minimum absolute atomic E-state index is 0.343. The zero-order valence-electron chi connectivity index (χ0n) is 10.6. The van der Waals surface area contributed by atoms with E-state index in [0.717, 1.165) is 5.80 Å². The fourth-order valence-corrected chi connectivity index (χ4v) is 2.16. The maximum absolute atomic E-state index is 11.9. The molecule has 19 heavy (non-hydrogen) atoms. The summed E-state index contributed by atoms with van der Waals surface area (Å²) in [6, 6.07) is 8.43. The molecule has 1 aromatic carbocycles. The van der Waals surface area contributed by atoms with Crippen LogP contribution in [0.5, 0.6) is 5.75 Å². The molecule has 1 rings (SSSR count). The number of para-hydroxylation sites is 1. The summed E-state index contributed by atoms with van der Waals surface area (Å²) in [6.45, 7) is 3.34. The smallest absolute Gasteiger partial charge is 0.375 e. The van der Waals surface area contributed by atoms with Crippen molar-refractivity contribution in [3.05, 3.63) is 30.3 Å². The Morgan fingerprint density at radius 3 is 2.53 bits per heavy atom. The van der Waals surface area contributed by atoms with Crippen LogP contribution in [-0.2, 0) is 9.53 Å². The second-order valence-corrected chi connectivity index (χ2v) is 5.87. The van der Waals surface area contributed by atoms with Gasteiger partial charge in [-0.15, -0.1) is 0 Å². The Balaban J connectivity index is 3.00. The van der Waals surface area contributed by atoms with Gasteiger partial charge in [-0.25, -0.2) is 4.79 Å². The van der Waals surface area contributed by atoms with E-state index in [9.17, 15) is 9.69 Å². The summed E-state index contributed by atoms with van der Waals surface area (Å²) in [6.07, 6.45) is -0.378. The number of hydrogen-bond acceptors (Lipinski definition) is 5. The number of esters is 1. The van der Waals surface area contributed by atoms with Gasteiger partial charge in [-0.1, -0.05) is 18.2 Å². The van der Waals surface area contributed by atoms with Gasteiger partial charge < -0.3 is 14.4 Å². The Hall–Kier alpha value is -1.13. The van der Waals surface area contributed by atoms with Crippen molar-refractivity contribution in [3.63, 3.8) is 0 Å². The molecule has 0 spiro atoms. The molecule has 2 N–H and O–H groups in total. The molecule has 0 fully saturated rings. The Morgan fingerprint density at radius 1 is 1.47 bits per heavy atom. The number of benzene rings is 1. The fourth-order valence-electron chi connectivity index (χ4n) is 1.26. The first-order valence-corrected chi connectivity index (χ1v) is 7.79. The van der Waals surface area contributed by atoms with Crippen LogP contribution < -0.4 is 15.4 Å². The molecule has 7 heteroatoms. The summed E-state index contributed by atoms with van der Waals surface area (Å²) in [5.74, 6) is 0.410. The molecule has 0 saturated heterocycles. The topological polar surface area (TPSA) is 84.6 Å². The largest absolute Gasteiger partial charge is 0.615 e. The lowest BCUT2D eigenvalue weighted by Gasteiger charge is -2.24. The SMILES string of the molecule is CC(C)OC(=O)[C@@](N)(C=[P+]([O-])Cl)Oc1ccccc1. The normalized spacial score (nSPS) is 14.9. The highest BCUT2D eigenvalue weighted by Gasteiger charge is 2.40. The number of halogens is 1. The third-order valence-electron chi connectivity index (χ3n) is 1.99. The van der Waals surface area contributed by atoms with E-state index in [1.165, 1.54) is 0 Å². The Kier molecular flexibility index (Phi) is 5.76. The molecule has 0 amide bonds. The van der Waals surface area contributed by atoms with E-state index in [1.807, 2.05) is 0 Å². The van der Waals surface area contributed by atoms with Crippen LogP contribution in [0.25, 0.3) is 0 Å². The molecular weight excluding hydrogens is 289 g/mol. The van der Waals surface area contributed by atoms with Gasteiger partial charge in [-0.3, -0.25) is 5.73 Å². The zero-order valence-corrected chi connectivity index (χ0v) is 12.2. The lowest BCUT2D eigenvalue weighted by molar-refractivity contribution is -0.160. The predicted molar refractivity (Wildman–Crippen MR) is 74.1 cm³/mol. The van der Waals surface area contributed by atoms with E-state index in [-0.39, 0.29) is 6.10 Å². The average Bonchev–Trinajstić information content (AvgIpc) is 2.28. The lowest BCUT2D eigenvalue weighted by atomic mass is 10.2. The van der Waals surface area contributed by atoms with Crippen molar-refractivity contribution in [3.8, 4) is 5.75 Å². The zero-order chi connectivity index (χ0) is 14.5. The van der Waals surface area contributed by atoms with E-state index in [0.29, 0.717) is 5.75 Å². The highest BCUT2D eigenvalue weighted by Crippen LogP contribution is 2.22. The van der Waals surface area contributed by atoms with Crippen LogP contribution in [0.1, 0.15) is 13.8 Å². The maximum Gasteiger partial charge on any atom is 0.375 e. The summed E-state index contributed by atoms with van der Waals surface area (Å²) in [4.78, 5) is 23.1. The van der Waals surface area contributed by atoms with Crippen LogP contribution in [0.15, 0.2) is 30.3 Å². The molecule has 0 aliphatic rings. The third kappa shape index (κ3) is 5.17. The minimum Gasteiger partial charge on any atom is -0.615 e. The van der Waals surface area contributed by atoms with Crippen LogP contribution in [0.2, 0.25) is 0 Å². The number of ether oxygens (including phenoxy) is 2. The van der Waals surface area contributed by atoms with Crippen LogP contribution in [-0.4, -0.2) is 23.6 Å². The highest BCUT2D eigenvalue weighted by atomic mass is 35.7. The minimum atomic E-state index is -2.30. The summed E-state index contributed by atoms with van der Waals surface area (Å²) < 4.78 is 10.3. The molecule has 0 aromatic heterocycles. The molecule has 5 nitrogen and oxygen atoms in total. The van der Waals surface area contributed by atoms with Crippen LogP contribution in [0.4, 0.5) is 0 Å². The van der Waals surface area contributed by atoms with Crippen LogP contribution in [0, 0.1) is 0 Å². The van der Waals surface area contributed by atoms with Gasteiger partial charge in [0.2, 0.25) is 0 Å². The standard InChI is InChI=1S/C12H15ClNO4P/c1-9(2)17-11(15)12(14,8-19(13)16)18-10-6-4-3-5-7-10/h3-9H,14H2,1-2H3/t12-/m1/s1. The summed E-state index contributed by atoms with van der Waals surface area (Å²) >= 11 is 5.39. The second-order valence-electron chi connectivity index (χ2n) is 4.06. The molecule has 0 heterocycles. The Labute approximate surface area is 117 Å². The van der Waals surface area contributed by atoms with Crippen molar-refractivity contribution < 1.29 is 19.2 Å². The first-order valence-electron chi connectivity index (χ1n) is 5.55. The van der Waals surface area contributed by atoms with Gasteiger partial charge in [0.25, 0.3) is 0 Å². The molecule has 0 aliphatic heterocycles. The van der Waals surface area contributed by atoms with Gasteiger partial charge in [0, 0.05) is 0 Å². The Morgan fingerprint density at radius 2 is 2.05 bits per heavy atom. The molecule has 0 aliphatic carbocycles. The molecule has 104 valence electrons. The summed E-state index contributed by atoms with van der Waals surface area (Å²) in [7, 11) is -2.30. The van der Waals surface area contributed by atoms with Gasteiger partial charge in [0.05, 0.1) is 6.10 Å². The van der Waals surface area contributed by atoms with E-state index < -0.39 is 18.8 Å². The molecule has 0 radical (unpaired) electrons. The third-order valence-corrected chi connectivity index (χ3v) is 2.86. The van der Waals surface area contributed by atoms with E-state index >= 15 is 0 Å². The van der Waals surface area contributed by atoms with E-state index in [4.69, 9.17) is 26.4 Å². The molecular formula is C12H15ClNO4P. The highest BCUT2D eigenvalue weighted by molar-refractivity contribution is 7.77. The van der Waals surface area contributed by atoms with Crippen molar-refractivity contribution in [2.24, 2.45) is 5.73 Å². The van der Waals surface area contributed by atoms with Gasteiger partial charge >= 0.3 is 11.7 Å². The van der Waals surface area contributed by atoms with Gasteiger partial charge in [-0.2, -0.15) is 0 Å². The molecule has 2 atom stereocenters. The van der Waals surface area contributed by atoms with Crippen molar-refractivity contribution in [1.82, 2.24) is 0 Å². The number of carbonyl (C=O) groups excluding carboxylic acids is 1. The quantitative estimate of drug-likeness (QED) is 0.505. The molecule has 0 bridgehead atoms. The van der Waals surface area contributed by atoms with Crippen molar-refractivity contribution in [1.29, 1.82) is 0 Å². The number of nitrogens with two attached hydrogens (primary N) is 1. The molecule has 1 unspecified atom stereocenters. The van der Waals surface area contributed by atoms with Crippen molar-refractivity contribution in [2.45, 2.75) is 25.7 Å². The molecule has 0 saturated carbocycles. The van der Waals surface area contributed by atoms with Crippen molar-refractivity contribution in [2.75, 3.05) is 0 Å². The van der Waals surface area contributed by atoms with Gasteiger partial charge in [0.1, 0.15) is 5.75 Å². The fraction of sp³-hybridized carbons (Fsp3) is 0.333. The first kappa shape index (κ1) is 15.9. The number of carbonyl (C=O) groups is 1. The van der Waals surface area contributed by atoms with Gasteiger partial charge in [-0.05, 0) is 26.0 Å². The predicted octanol–water partition coefficient (Wildman–Crippen LogP) is 1.39. The van der Waals surface area contributed by atoms with Gasteiger partial charge in [0.15, 0.2) is 24.2 Å². The average molecular weight is 304 g/mol. The Bertz CT molecular complexity index is 462. The first-order chi connectivity index (χ1) is 8.83. The maximum atomic E-state index is 11.9. The monoisotopic (exact) mass is 303 g/mol. The summed E-state index contributed by atoms with van der Waals surface area (Å²) in [5.41, 5.74) is 3.82. The second kappa shape index (κ2) is 6.87. The van der Waals surface area contributed by atoms with Crippen LogP contribution in [0.3, 0.4) is 0 Å². The lowest BCUT2D eigenvalue weighted by Crippen LogP contribution is -2.56.